The molecule has 1 aromatic heterocycles. The normalized spacial score (nSPS) is 17.2. The number of hydrogen-bond acceptors (Lipinski definition) is 6. The number of likely N-dealkylation sites (N-methyl/N-ethyl adjacent to an activating group) is 1. The number of carbonyl (C=O) groups is 1. The number of piperazine rings is 1. The molecule has 174 valence electrons. The van der Waals surface area contributed by atoms with Gasteiger partial charge in [-0.25, -0.2) is 13.4 Å². The standard InChI is InChI=1S/C23H32N4O3S2/c1-17(22(28)25-19-8-6-18(7-9-19)23(2,3)4)31-21-11-10-20(16-24-21)32(29,30)27-14-12-26(5)13-15-27/h6-11,16-17H,12-15H2,1-5H3,(H,25,28)/t17-/m0/s1. The fourth-order valence-electron chi connectivity index (χ4n) is 3.30. The summed E-state index contributed by atoms with van der Waals surface area (Å²) >= 11 is 1.30. The van der Waals surface area contributed by atoms with E-state index in [1.54, 1.807) is 19.1 Å². The highest BCUT2D eigenvalue weighted by Crippen LogP contribution is 2.26. The number of anilines is 1. The van der Waals surface area contributed by atoms with Crippen molar-refractivity contribution in [1.82, 2.24) is 14.2 Å². The summed E-state index contributed by atoms with van der Waals surface area (Å²) in [6.07, 6.45) is 1.38. The molecule has 1 fully saturated rings. The van der Waals surface area contributed by atoms with Crippen molar-refractivity contribution < 1.29 is 13.2 Å². The number of sulfonamides is 1. The Bertz CT molecular complexity index is 1020. The number of hydrogen-bond donors (Lipinski definition) is 1. The summed E-state index contributed by atoms with van der Waals surface area (Å²) in [6, 6.07) is 11.1. The maximum absolute atomic E-state index is 12.8. The van der Waals surface area contributed by atoms with E-state index >= 15 is 0 Å². The molecule has 2 heterocycles. The van der Waals surface area contributed by atoms with Crippen LogP contribution in [0.25, 0.3) is 0 Å². The molecular weight excluding hydrogens is 444 g/mol. The van der Waals surface area contributed by atoms with Gasteiger partial charge in [-0.05, 0) is 49.2 Å². The van der Waals surface area contributed by atoms with Gasteiger partial charge in [0.25, 0.3) is 0 Å². The van der Waals surface area contributed by atoms with Crippen LogP contribution < -0.4 is 5.32 Å². The Balaban J connectivity index is 1.59. The Hall–Kier alpha value is -1.94. The third-order valence-electron chi connectivity index (χ3n) is 5.49. The third kappa shape index (κ3) is 6.10. The molecule has 3 rings (SSSR count). The summed E-state index contributed by atoms with van der Waals surface area (Å²) in [5.41, 5.74) is 2.01. The predicted octanol–water partition coefficient (Wildman–Crippen LogP) is 3.43. The minimum atomic E-state index is -3.55. The lowest BCUT2D eigenvalue weighted by Gasteiger charge is -2.31. The van der Waals surface area contributed by atoms with Gasteiger partial charge in [0.1, 0.15) is 4.90 Å². The highest BCUT2D eigenvalue weighted by Gasteiger charge is 2.28. The molecule has 1 N–H and O–H groups in total. The second-order valence-electron chi connectivity index (χ2n) is 9.12. The van der Waals surface area contributed by atoms with E-state index in [0.29, 0.717) is 31.2 Å². The van der Waals surface area contributed by atoms with Crippen LogP contribution in [0.1, 0.15) is 33.3 Å². The van der Waals surface area contributed by atoms with Gasteiger partial charge in [-0.1, -0.05) is 44.7 Å². The minimum absolute atomic E-state index is 0.0569. The molecule has 0 radical (unpaired) electrons. The van der Waals surface area contributed by atoms with Crippen LogP contribution in [-0.2, 0) is 20.2 Å². The van der Waals surface area contributed by atoms with Gasteiger partial charge < -0.3 is 10.2 Å². The van der Waals surface area contributed by atoms with Crippen LogP contribution in [0.5, 0.6) is 0 Å². The van der Waals surface area contributed by atoms with Gasteiger partial charge in [-0.15, -0.1) is 0 Å². The SMILES string of the molecule is C[C@H](Sc1ccc(S(=O)(=O)N2CCN(C)CC2)cn1)C(=O)Nc1ccc(C(C)(C)C)cc1. The van der Waals surface area contributed by atoms with Crippen LogP contribution in [0.15, 0.2) is 52.5 Å². The average Bonchev–Trinajstić information content (AvgIpc) is 2.74. The Morgan fingerprint density at radius 2 is 1.69 bits per heavy atom. The van der Waals surface area contributed by atoms with E-state index in [1.807, 2.05) is 31.3 Å². The van der Waals surface area contributed by atoms with Crippen molar-refractivity contribution in [1.29, 1.82) is 0 Å². The number of pyridine rings is 1. The molecule has 0 saturated carbocycles. The molecular formula is C23H32N4O3S2. The monoisotopic (exact) mass is 476 g/mol. The lowest BCUT2D eigenvalue weighted by atomic mass is 9.87. The van der Waals surface area contributed by atoms with Crippen LogP contribution in [-0.4, -0.2) is 67.0 Å². The number of nitrogens with one attached hydrogen (secondary N) is 1. The summed E-state index contributed by atoms with van der Waals surface area (Å²) in [6.45, 7) is 10.6. The number of carbonyl (C=O) groups excluding carboxylic acids is 1. The van der Waals surface area contributed by atoms with E-state index in [4.69, 9.17) is 0 Å². The maximum atomic E-state index is 12.8. The van der Waals surface area contributed by atoms with Crippen molar-refractivity contribution in [2.45, 2.75) is 48.3 Å². The summed E-state index contributed by atoms with van der Waals surface area (Å²) in [5.74, 6) is -0.130. The van der Waals surface area contributed by atoms with Gasteiger partial charge in [-0.2, -0.15) is 4.31 Å². The van der Waals surface area contributed by atoms with Crippen molar-refractivity contribution in [2.24, 2.45) is 0 Å². The van der Waals surface area contributed by atoms with Crippen molar-refractivity contribution in [3.05, 3.63) is 48.2 Å². The topological polar surface area (TPSA) is 82.6 Å². The molecule has 0 bridgehead atoms. The first kappa shape index (κ1) is 24.7. The van der Waals surface area contributed by atoms with Crippen LogP contribution >= 0.6 is 11.8 Å². The number of amides is 1. The number of nitrogens with zero attached hydrogens (tertiary/aromatic N) is 3. The van der Waals surface area contributed by atoms with Gasteiger partial charge in [0, 0.05) is 38.1 Å². The molecule has 1 amide bonds. The van der Waals surface area contributed by atoms with Crippen molar-refractivity contribution in [2.75, 3.05) is 38.5 Å². The van der Waals surface area contributed by atoms with E-state index in [1.165, 1.54) is 27.8 Å². The van der Waals surface area contributed by atoms with Gasteiger partial charge in [0.2, 0.25) is 15.9 Å². The number of benzene rings is 1. The average molecular weight is 477 g/mol. The smallest absolute Gasteiger partial charge is 0.244 e. The van der Waals surface area contributed by atoms with Crippen LogP contribution in [0.2, 0.25) is 0 Å². The van der Waals surface area contributed by atoms with E-state index < -0.39 is 10.0 Å². The molecule has 1 aliphatic heterocycles. The summed E-state index contributed by atoms with van der Waals surface area (Å²) in [4.78, 5) is 19.2. The fourth-order valence-corrected chi connectivity index (χ4v) is 5.46. The van der Waals surface area contributed by atoms with E-state index in [9.17, 15) is 13.2 Å². The molecule has 1 aromatic carbocycles. The highest BCUT2D eigenvalue weighted by atomic mass is 32.2. The molecule has 32 heavy (non-hydrogen) atoms. The Morgan fingerprint density at radius 1 is 1.06 bits per heavy atom. The molecule has 0 unspecified atom stereocenters. The summed E-state index contributed by atoms with van der Waals surface area (Å²) in [7, 11) is -1.56. The summed E-state index contributed by atoms with van der Waals surface area (Å²) in [5, 5.41) is 3.15. The number of rotatable bonds is 6. The zero-order valence-corrected chi connectivity index (χ0v) is 21.0. The maximum Gasteiger partial charge on any atom is 0.244 e. The molecule has 7 nitrogen and oxygen atoms in total. The van der Waals surface area contributed by atoms with Gasteiger partial charge in [-0.3, -0.25) is 4.79 Å². The number of thioether (sulfide) groups is 1. The fraction of sp³-hybridized carbons (Fsp3) is 0.478. The first-order chi connectivity index (χ1) is 15.0. The third-order valence-corrected chi connectivity index (χ3v) is 8.43. The van der Waals surface area contributed by atoms with Crippen LogP contribution in [0.3, 0.4) is 0 Å². The lowest BCUT2D eigenvalue weighted by molar-refractivity contribution is -0.115. The highest BCUT2D eigenvalue weighted by molar-refractivity contribution is 8.00. The largest absolute Gasteiger partial charge is 0.325 e. The Labute approximate surface area is 195 Å². The molecule has 1 aliphatic rings. The second-order valence-corrected chi connectivity index (χ2v) is 12.4. The number of aromatic nitrogens is 1. The summed E-state index contributed by atoms with van der Waals surface area (Å²) < 4.78 is 27.1. The molecule has 0 aliphatic carbocycles. The van der Waals surface area contributed by atoms with Gasteiger partial charge in [0.05, 0.1) is 10.3 Å². The molecule has 1 saturated heterocycles. The lowest BCUT2D eigenvalue weighted by Crippen LogP contribution is -2.47. The second kappa shape index (κ2) is 9.91. The van der Waals surface area contributed by atoms with Crippen LogP contribution in [0, 0.1) is 0 Å². The minimum Gasteiger partial charge on any atom is -0.325 e. The van der Waals surface area contributed by atoms with E-state index in [-0.39, 0.29) is 21.5 Å². The predicted molar refractivity (Wildman–Crippen MR) is 130 cm³/mol. The Kier molecular flexibility index (Phi) is 7.65. The Morgan fingerprint density at radius 3 is 2.22 bits per heavy atom. The quantitative estimate of drug-likeness (QED) is 0.643. The molecule has 2 aromatic rings. The van der Waals surface area contributed by atoms with E-state index in [2.05, 4.69) is 36.0 Å². The van der Waals surface area contributed by atoms with Crippen LogP contribution in [0.4, 0.5) is 5.69 Å². The van der Waals surface area contributed by atoms with E-state index in [0.717, 1.165) is 5.69 Å². The molecule has 1 atom stereocenters. The first-order valence-electron chi connectivity index (χ1n) is 10.7. The zero-order valence-electron chi connectivity index (χ0n) is 19.3. The van der Waals surface area contributed by atoms with Crippen molar-refractivity contribution in [3.63, 3.8) is 0 Å². The first-order valence-corrected chi connectivity index (χ1v) is 13.0. The molecule has 9 heteroatoms. The van der Waals surface area contributed by atoms with Gasteiger partial charge in [0.15, 0.2) is 0 Å². The molecule has 0 spiro atoms. The van der Waals surface area contributed by atoms with Crippen molar-refractivity contribution >= 4 is 33.4 Å². The zero-order chi connectivity index (χ0) is 23.5. The van der Waals surface area contributed by atoms with Crippen molar-refractivity contribution in [3.8, 4) is 0 Å². The van der Waals surface area contributed by atoms with Gasteiger partial charge >= 0.3 is 0 Å².